The second-order valence-electron chi connectivity index (χ2n) is 3.81. The number of hydrogen-bond acceptors (Lipinski definition) is 3. The Balaban J connectivity index is 2.92. The van der Waals surface area contributed by atoms with Crippen LogP contribution in [0.3, 0.4) is 0 Å². The van der Waals surface area contributed by atoms with Gasteiger partial charge in [-0.1, -0.05) is 45.4 Å². The molecule has 0 aliphatic heterocycles. The van der Waals surface area contributed by atoms with Crippen molar-refractivity contribution in [2.24, 2.45) is 0 Å². The summed E-state index contributed by atoms with van der Waals surface area (Å²) in [6, 6.07) is 0. The molecule has 0 saturated carbocycles. The zero-order chi connectivity index (χ0) is 10.6. The largest absolute Gasteiger partial charge is 0.245 e. The van der Waals surface area contributed by atoms with Crippen molar-refractivity contribution in [3.05, 3.63) is 0 Å². The van der Waals surface area contributed by atoms with Crippen LogP contribution in [-0.2, 0) is 0 Å². The third-order valence-corrected chi connectivity index (χ3v) is 2.46. The molecule has 86 valence electrons. The highest BCUT2D eigenvalue weighted by atomic mass is 15.7. The molecule has 0 heterocycles. The number of rotatable bonds is 10. The van der Waals surface area contributed by atoms with Crippen LogP contribution >= 0.6 is 0 Å². The summed E-state index contributed by atoms with van der Waals surface area (Å²) < 4.78 is 0. The highest BCUT2D eigenvalue weighted by Gasteiger charge is 1.92. The van der Waals surface area contributed by atoms with Gasteiger partial charge < -0.3 is 0 Å². The Morgan fingerprint density at radius 2 is 1.50 bits per heavy atom. The molecule has 0 aromatic rings. The van der Waals surface area contributed by atoms with Crippen LogP contribution in [0.15, 0.2) is 0 Å². The standard InChI is InChI=1S/C11H27N3/c1-4-5-6-7-8-9-10-11-13-14(3)12-2/h12-13H,4-11H2,1-3H3. The van der Waals surface area contributed by atoms with Gasteiger partial charge in [0.15, 0.2) is 0 Å². The van der Waals surface area contributed by atoms with E-state index in [-0.39, 0.29) is 0 Å². The molecule has 0 radical (unpaired) electrons. The Kier molecular flexibility index (Phi) is 10.9. The fraction of sp³-hybridized carbons (Fsp3) is 1.00. The fourth-order valence-electron chi connectivity index (χ4n) is 1.41. The molecular formula is C11H27N3. The van der Waals surface area contributed by atoms with E-state index in [4.69, 9.17) is 0 Å². The van der Waals surface area contributed by atoms with Crippen molar-refractivity contribution in [1.82, 2.24) is 16.0 Å². The van der Waals surface area contributed by atoms with Crippen LogP contribution in [0.1, 0.15) is 51.9 Å². The molecule has 0 unspecified atom stereocenters. The van der Waals surface area contributed by atoms with Crippen molar-refractivity contribution in [3.63, 3.8) is 0 Å². The van der Waals surface area contributed by atoms with Crippen molar-refractivity contribution in [2.45, 2.75) is 51.9 Å². The second kappa shape index (κ2) is 11.0. The molecule has 14 heavy (non-hydrogen) atoms. The number of hydrazine groups is 2. The topological polar surface area (TPSA) is 27.3 Å². The fourth-order valence-corrected chi connectivity index (χ4v) is 1.41. The summed E-state index contributed by atoms with van der Waals surface area (Å²) >= 11 is 0. The van der Waals surface area contributed by atoms with Gasteiger partial charge in [-0.25, -0.2) is 10.9 Å². The van der Waals surface area contributed by atoms with Gasteiger partial charge in [-0.15, -0.1) is 0 Å². The highest BCUT2D eigenvalue weighted by Crippen LogP contribution is 2.06. The summed E-state index contributed by atoms with van der Waals surface area (Å²) in [7, 11) is 3.90. The van der Waals surface area contributed by atoms with E-state index in [2.05, 4.69) is 17.8 Å². The molecule has 0 rings (SSSR count). The molecule has 0 aliphatic rings. The lowest BCUT2D eigenvalue weighted by Crippen LogP contribution is -2.43. The molecule has 0 spiro atoms. The first kappa shape index (κ1) is 13.9. The van der Waals surface area contributed by atoms with Gasteiger partial charge in [0.2, 0.25) is 0 Å². The molecule has 0 aromatic heterocycles. The SMILES string of the molecule is CCCCCCCCCNN(C)NC. The molecule has 3 nitrogen and oxygen atoms in total. The summed E-state index contributed by atoms with van der Waals surface area (Å²) in [4.78, 5) is 0. The van der Waals surface area contributed by atoms with E-state index >= 15 is 0 Å². The second-order valence-corrected chi connectivity index (χ2v) is 3.81. The van der Waals surface area contributed by atoms with E-state index in [1.165, 1.54) is 44.9 Å². The minimum atomic E-state index is 1.07. The Morgan fingerprint density at radius 3 is 2.07 bits per heavy atom. The molecule has 0 saturated heterocycles. The van der Waals surface area contributed by atoms with Gasteiger partial charge in [-0.3, -0.25) is 0 Å². The maximum Gasteiger partial charge on any atom is 0.0174 e. The van der Waals surface area contributed by atoms with Crippen molar-refractivity contribution in [3.8, 4) is 0 Å². The van der Waals surface area contributed by atoms with Crippen LogP contribution in [-0.4, -0.2) is 25.8 Å². The Labute approximate surface area is 89.2 Å². The summed E-state index contributed by atoms with van der Waals surface area (Å²) in [6.45, 7) is 3.34. The molecule has 0 bridgehead atoms. The summed E-state index contributed by atoms with van der Waals surface area (Å²) in [5.41, 5.74) is 6.26. The maximum absolute atomic E-state index is 3.26. The van der Waals surface area contributed by atoms with Gasteiger partial charge in [-0.05, 0) is 6.42 Å². The van der Waals surface area contributed by atoms with E-state index in [0.717, 1.165) is 6.54 Å². The maximum atomic E-state index is 3.26. The van der Waals surface area contributed by atoms with E-state index < -0.39 is 0 Å². The average molecular weight is 201 g/mol. The molecule has 0 aliphatic carbocycles. The van der Waals surface area contributed by atoms with Crippen molar-refractivity contribution in [2.75, 3.05) is 20.6 Å². The van der Waals surface area contributed by atoms with Crippen LogP contribution in [0, 0.1) is 0 Å². The predicted molar refractivity (Wildman–Crippen MR) is 62.8 cm³/mol. The van der Waals surface area contributed by atoms with Crippen molar-refractivity contribution < 1.29 is 0 Å². The van der Waals surface area contributed by atoms with Gasteiger partial charge in [0, 0.05) is 20.6 Å². The van der Waals surface area contributed by atoms with Crippen LogP contribution in [0.5, 0.6) is 0 Å². The molecule has 0 amide bonds. The van der Waals surface area contributed by atoms with Gasteiger partial charge in [0.25, 0.3) is 0 Å². The van der Waals surface area contributed by atoms with Crippen LogP contribution in [0.25, 0.3) is 0 Å². The predicted octanol–water partition coefficient (Wildman–Crippen LogP) is 2.31. The zero-order valence-electron chi connectivity index (χ0n) is 10.1. The quantitative estimate of drug-likeness (QED) is 0.419. The molecule has 0 fully saturated rings. The summed E-state index contributed by atoms with van der Waals surface area (Å²) in [5, 5.41) is 1.90. The van der Waals surface area contributed by atoms with Gasteiger partial charge >= 0.3 is 0 Å². The lowest BCUT2D eigenvalue weighted by atomic mass is 10.1. The minimum Gasteiger partial charge on any atom is -0.245 e. The monoisotopic (exact) mass is 201 g/mol. The number of hydrogen-bond donors (Lipinski definition) is 2. The van der Waals surface area contributed by atoms with Gasteiger partial charge in [-0.2, -0.15) is 5.12 Å². The average Bonchev–Trinajstić information content (AvgIpc) is 2.21. The van der Waals surface area contributed by atoms with E-state index in [1.54, 1.807) is 0 Å². The third-order valence-electron chi connectivity index (χ3n) is 2.46. The number of nitrogens with zero attached hydrogens (tertiary/aromatic N) is 1. The highest BCUT2D eigenvalue weighted by molar-refractivity contribution is 4.46. The van der Waals surface area contributed by atoms with Crippen LogP contribution in [0.4, 0.5) is 0 Å². The zero-order valence-corrected chi connectivity index (χ0v) is 10.1. The van der Waals surface area contributed by atoms with Crippen LogP contribution < -0.4 is 10.9 Å². The normalized spacial score (nSPS) is 11.1. The number of unbranched alkanes of at least 4 members (excludes halogenated alkanes) is 6. The van der Waals surface area contributed by atoms with E-state index in [1.807, 2.05) is 19.2 Å². The Hall–Kier alpha value is -0.120. The summed E-state index contributed by atoms with van der Waals surface area (Å²) in [5.74, 6) is 0. The summed E-state index contributed by atoms with van der Waals surface area (Å²) in [6.07, 6.45) is 9.60. The van der Waals surface area contributed by atoms with Crippen molar-refractivity contribution >= 4 is 0 Å². The van der Waals surface area contributed by atoms with Gasteiger partial charge in [0.05, 0.1) is 0 Å². The first-order valence-electron chi connectivity index (χ1n) is 5.96. The third kappa shape index (κ3) is 9.96. The Bertz CT molecular complexity index is 107. The minimum absolute atomic E-state index is 1.07. The molecule has 0 atom stereocenters. The Morgan fingerprint density at radius 1 is 0.929 bits per heavy atom. The molecule has 0 aromatic carbocycles. The lowest BCUT2D eigenvalue weighted by molar-refractivity contribution is 0.171. The smallest absolute Gasteiger partial charge is 0.0174 e. The number of nitrogens with one attached hydrogen (secondary N) is 2. The first-order chi connectivity index (χ1) is 6.81. The molecule has 2 N–H and O–H groups in total. The van der Waals surface area contributed by atoms with Crippen molar-refractivity contribution in [1.29, 1.82) is 0 Å². The molecular weight excluding hydrogens is 174 g/mol. The van der Waals surface area contributed by atoms with Crippen LogP contribution in [0.2, 0.25) is 0 Å². The molecule has 3 heteroatoms. The van der Waals surface area contributed by atoms with E-state index in [9.17, 15) is 0 Å². The van der Waals surface area contributed by atoms with Gasteiger partial charge in [0.1, 0.15) is 0 Å². The lowest BCUT2D eigenvalue weighted by Gasteiger charge is -2.15. The van der Waals surface area contributed by atoms with E-state index in [0.29, 0.717) is 0 Å². The first-order valence-corrected chi connectivity index (χ1v) is 5.96.